The summed E-state index contributed by atoms with van der Waals surface area (Å²) in [5, 5.41) is 20.9. The van der Waals surface area contributed by atoms with Gasteiger partial charge in [0.15, 0.2) is 0 Å². The number of aromatic nitrogens is 3. The molecule has 0 aliphatic carbocycles. The Kier molecular flexibility index (Phi) is 6.56. The zero-order valence-electron chi connectivity index (χ0n) is 18.5. The first-order valence-corrected chi connectivity index (χ1v) is 10.5. The second-order valence-electron chi connectivity index (χ2n) is 8.72. The predicted molar refractivity (Wildman–Crippen MR) is 125 cm³/mol. The maximum absolute atomic E-state index is 10.7. The molecule has 0 aliphatic heterocycles. The van der Waals surface area contributed by atoms with E-state index in [1.54, 1.807) is 0 Å². The van der Waals surface area contributed by atoms with E-state index in [9.17, 15) is 5.11 Å². The molecule has 0 saturated heterocycles. The smallest absolute Gasteiger partial charge is 0.126 e. The highest BCUT2D eigenvalue weighted by Crippen LogP contribution is 2.40. The van der Waals surface area contributed by atoms with Gasteiger partial charge in [0.05, 0.1) is 5.52 Å². The topological polar surface area (TPSA) is 61.8 Å². The van der Waals surface area contributed by atoms with Crippen molar-refractivity contribution in [3.8, 4) is 16.9 Å². The third-order valence-corrected chi connectivity index (χ3v) is 5.47. The number of hydrogen-bond acceptors (Lipinski definition) is 3. The maximum atomic E-state index is 10.7. The summed E-state index contributed by atoms with van der Waals surface area (Å²) in [5.74, 6) is 0.790. The van der Waals surface area contributed by atoms with Crippen LogP contribution in [0.1, 0.15) is 58.1 Å². The summed E-state index contributed by atoms with van der Waals surface area (Å²) in [6, 6.07) is 22.2. The fourth-order valence-corrected chi connectivity index (χ4v) is 3.31. The van der Waals surface area contributed by atoms with Gasteiger partial charge >= 0.3 is 0 Å². The van der Waals surface area contributed by atoms with Crippen molar-refractivity contribution in [2.24, 2.45) is 0 Å². The molecule has 1 unspecified atom stereocenters. The summed E-state index contributed by atoms with van der Waals surface area (Å²) < 4.78 is 0. The van der Waals surface area contributed by atoms with Gasteiger partial charge in [0.25, 0.3) is 0 Å². The normalized spacial score (nSPS) is 12.3. The fraction of sp³-hybridized carbons (Fsp3) is 0.308. The first-order chi connectivity index (χ1) is 14.3. The van der Waals surface area contributed by atoms with Gasteiger partial charge < -0.3 is 5.11 Å². The van der Waals surface area contributed by atoms with E-state index in [4.69, 9.17) is 0 Å². The number of H-pyrrole nitrogens is 1. The summed E-state index contributed by atoms with van der Waals surface area (Å²) in [5.41, 5.74) is 6.32. The largest absolute Gasteiger partial charge is 0.507 e. The lowest BCUT2D eigenvalue weighted by atomic mass is 9.81. The average Bonchev–Trinajstić information content (AvgIpc) is 3.22. The van der Waals surface area contributed by atoms with Crippen LogP contribution in [-0.2, 0) is 5.41 Å². The summed E-state index contributed by atoms with van der Waals surface area (Å²) in [6.45, 7) is 11.0. The average molecular weight is 402 g/mol. The molecule has 0 radical (unpaired) electrons. The second-order valence-corrected chi connectivity index (χ2v) is 8.72. The number of phenols is 1. The number of phenolic OH excluding ortho intramolecular Hbond substituents is 1. The van der Waals surface area contributed by atoms with E-state index in [1.807, 2.05) is 42.5 Å². The molecule has 4 aromatic rings. The minimum absolute atomic E-state index is 0.0689. The van der Waals surface area contributed by atoms with Crippen molar-refractivity contribution in [2.75, 3.05) is 0 Å². The quantitative estimate of drug-likeness (QED) is 0.395. The van der Waals surface area contributed by atoms with Crippen LogP contribution in [0.5, 0.6) is 5.75 Å². The maximum Gasteiger partial charge on any atom is 0.126 e. The van der Waals surface area contributed by atoms with E-state index < -0.39 is 0 Å². The molecular formula is C26H31N3O. The van der Waals surface area contributed by atoms with E-state index in [0.29, 0.717) is 11.7 Å². The minimum atomic E-state index is 0.0689. The fourth-order valence-electron chi connectivity index (χ4n) is 3.31. The number of aromatic hydroxyl groups is 1. The van der Waals surface area contributed by atoms with Gasteiger partial charge in [-0.05, 0) is 52.6 Å². The minimum Gasteiger partial charge on any atom is -0.507 e. The Morgan fingerprint density at radius 3 is 2.27 bits per heavy atom. The van der Waals surface area contributed by atoms with Gasteiger partial charge in [-0.15, -0.1) is 5.10 Å². The van der Waals surface area contributed by atoms with Gasteiger partial charge in [-0.25, -0.2) is 0 Å². The number of benzene rings is 3. The van der Waals surface area contributed by atoms with Gasteiger partial charge in [-0.2, -0.15) is 0 Å². The Labute approximate surface area is 179 Å². The standard InChI is InChI=1S/C20H26O.C6H5N3/c1-6-14(2)17-12-16(20(3,4)5)13-18(19(17)21)15-10-8-7-9-11-15;1-2-4-6-5(3-1)7-9-8-6/h7-14,21H,6H2,1-5H3;1-4H,(H,7,8,9). The van der Waals surface area contributed by atoms with E-state index in [-0.39, 0.29) is 5.41 Å². The van der Waals surface area contributed by atoms with Crippen LogP contribution in [0.3, 0.4) is 0 Å². The number of hydrogen-bond donors (Lipinski definition) is 2. The molecule has 1 aromatic heterocycles. The highest BCUT2D eigenvalue weighted by molar-refractivity contribution is 5.74. The zero-order valence-corrected chi connectivity index (χ0v) is 18.5. The number of para-hydroxylation sites is 1. The van der Waals surface area contributed by atoms with Gasteiger partial charge in [-0.1, -0.05) is 88.4 Å². The summed E-state index contributed by atoms with van der Waals surface area (Å²) in [6.07, 6.45) is 1.02. The first-order valence-electron chi connectivity index (χ1n) is 10.5. The molecule has 3 aromatic carbocycles. The van der Waals surface area contributed by atoms with Crippen LogP contribution in [0.4, 0.5) is 0 Å². The van der Waals surface area contributed by atoms with Gasteiger partial charge in [-0.3, -0.25) is 5.10 Å². The van der Waals surface area contributed by atoms with Crippen molar-refractivity contribution in [2.45, 2.75) is 52.4 Å². The molecule has 30 heavy (non-hydrogen) atoms. The van der Waals surface area contributed by atoms with Crippen LogP contribution in [0.2, 0.25) is 0 Å². The zero-order chi connectivity index (χ0) is 21.7. The lowest BCUT2D eigenvalue weighted by Gasteiger charge is -2.24. The lowest BCUT2D eigenvalue weighted by Crippen LogP contribution is -2.12. The van der Waals surface area contributed by atoms with Crippen molar-refractivity contribution < 1.29 is 5.11 Å². The van der Waals surface area contributed by atoms with Gasteiger partial charge in [0.2, 0.25) is 0 Å². The Bertz CT molecular complexity index is 1060. The monoisotopic (exact) mass is 401 g/mol. The number of rotatable bonds is 3. The number of aromatic amines is 1. The highest BCUT2D eigenvalue weighted by Gasteiger charge is 2.21. The Balaban J connectivity index is 0.000000234. The van der Waals surface area contributed by atoms with Crippen LogP contribution in [0.15, 0.2) is 66.7 Å². The number of fused-ring (bicyclic) bond motifs is 1. The molecule has 0 bridgehead atoms. The molecule has 4 nitrogen and oxygen atoms in total. The molecule has 1 heterocycles. The summed E-state index contributed by atoms with van der Waals surface area (Å²) in [7, 11) is 0. The molecule has 0 aliphatic rings. The van der Waals surface area contributed by atoms with Crippen LogP contribution < -0.4 is 0 Å². The van der Waals surface area contributed by atoms with E-state index in [0.717, 1.165) is 34.1 Å². The van der Waals surface area contributed by atoms with Crippen molar-refractivity contribution in [3.05, 3.63) is 77.9 Å². The molecule has 0 saturated carbocycles. The highest BCUT2D eigenvalue weighted by atomic mass is 16.3. The van der Waals surface area contributed by atoms with Crippen LogP contribution in [-0.4, -0.2) is 20.5 Å². The molecular weight excluding hydrogens is 370 g/mol. The molecule has 4 heteroatoms. The van der Waals surface area contributed by atoms with Crippen molar-refractivity contribution in [1.82, 2.24) is 15.4 Å². The van der Waals surface area contributed by atoms with E-state index >= 15 is 0 Å². The molecule has 2 N–H and O–H groups in total. The Hall–Kier alpha value is -3.14. The lowest BCUT2D eigenvalue weighted by molar-refractivity contribution is 0.462. The summed E-state index contributed by atoms with van der Waals surface area (Å²) >= 11 is 0. The first kappa shape index (κ1) is 21.6. The van der Waals surface area contributed by atoms with E-state index in [2.05, 4.69) is 74.3 Å². The van der Waals surface area contributed by atoms with Crippen LogP contribution in [0, 0.1) is 0 Å². The molecule has 0 spiro atoms. The molecule has 1 atom stereocenters. The van der Waals surface area contributed by atoms with Gasteiger partial charge in [0.1, 0.15) is 11.3 Å². The van der Waals surface area contributed by atoms with Crippen LogP contribution in [0.25, 0.3) is 22.2 Å². The Morgan fingerprint density at radius 1 is 0.967 bits per heavy atom. The molecule has 0 amide bonds. The second kappa shape index (κ2) is 9.12. The molecule has 4 rings (SSSR count). The third kappa shape index (κ3) is 4.88. The van der Waals surface area contributed by atoms with Crippen molar-refractivity contribution in [1.29, 1.82) is 0 Å². The molecule has 156 valence electrons. The predicted octanol–water partition coefficient (Wildman–Crippen LogP) is 6.83. The Morgan fingerprint density at radius 2 is 1.63 bits per heavy atom. The van der Waals surface area contributed by atoms with Crippen molar-refractivity contribution >= 4 is 11.0 Å². The number of nitrogens with zero attached hydrogens (tertiary/aromatic N) is 2. The SMILES string of the molecule is CCC(C)c1cc(C(C)(C)C)cc(-c2ccccc2)c1O.c1ccc2[nH]nnc2c1. The van der Waals surface area contributed by atoms with Crippen molar-refractivity contribution in [3.63, 3.8) is 0 Å². The molecule has 0 fully saturated rings. The van der Waals surface area contributed by atoms with Crippen LogP contribution >= 0.6 is 0 Å². The number of nitrogens with one attached hydrogen (secondary N) is 1. The summed E-state index contributed by atoms with van der Waals surface area (Å²) in [4.78, 5) is 0. The van der Waals surface area contributed by atoms with Gasteiger partial charge in [0, 0.05) is 5.56 Å². The van der Waals surface area contributed by atoms with E-state index in [1.165, 1.54) is 5.56 Å². The third-order valence-electron chi connectivity index (χ3n) is 5.47.